The minimum Gasteiger partial charge on any atom is -0.393 e. The van der Waals surface area contributed by atoms with Gasteiger partial charge in [-0.05, 0) is 37.8 Å². The Morgan fingerprint density at radius 2 is 2.37 bits per heavy atom. The molecule has 2 aromatic rings. The fourth-order valence-corrected chi connectivity index (χ4v) is 2.73. The van der Waals surface area contributed by atoms with Crippen LogP contribution in [0, 0.1) is 11.3 Å². The second-order valence-electron chi connectivity index (χ2n) is 5.04. The van der Waals surface area contributed by atoms with Crippen molar-refractivity contribution in [3.05, 3.63) is 30.1 Å². The van der Waals surface area contributed by atoms with Gasteiger partial charge in [0.2, 0.25) is 0 Å². The fourth-order valence-electron chi connectivity index (χ4n) is 2.73. The van der Waals surface area contributed by atoms with Gasteiger partial charge in [0.25, 0.3) is 0 Å². The van der Waals surface area contributed by atoms with Crippen LogP contribution >= 0.6 is 0 Å². The zero-order valence-corrected chi connectivity index (χ0v) is 10.6. The van der Waals surface area contributed by atoms with Crippen LogP contribution in [-0.4, -0.2) is 26.9 Å². The SMILES string of the molecule is N#Cc1cnn2cccc2c1NC1CCCC(O)C1. The largest absolute Gasteiger partial charge is 0.393 e. The molecule has 0 bridgehead atoms. The summed E-state index contributed by atoms with van der Waals surface area (Å²) in [7, 11) is 0. The number of nitriles is 1. The molecular weight excluding hydrogens is 240 g/mol. The van der Waals surface area contributed by atoms with Gasteiger partial charge in [-0.15, -0.1) is 0 Å². The zero-order chi connectivity index (χ0) is 13.2. The zero-order valence-electron chi connectivity index (χ0n) is 10.6. The molecule has 0 aliphatic heterocycles. The van der Waals surface area contributed by atoms with E-state index in [9.17, 15) is 10.4 Å². The minimum atomic E-state index is -0.235. The van der Waals surface area contributed by atoms with Crippen LogP contribution in [0.5, 0.6) is 0 Å². The Bertz CT molecular complexity index is 628. The van der Waals surface area contributed by atoms with Crippen molar-refractivity contribution in [2.24, 2.45) is 0 Å². The van der Waals surface area contributed by atoms with Gasteiger partial charge in [0.05, 0.1) is 29.1 Å². The Morgan fingerprint density at radius 3 is 3.16 bits per heavy atom. The van der Waals surface area contributed by atoms with Gasteiger partial charge in [0.15, 0.2) is 0 Å². The average Bonchev–Trinajstić information content (AvgIpc) is 2.88. The molecular formula is C14H16N4O. The van der Waals surface area contributed by atoms with E-state index in [-0.39, 0.29) is 12.1 Å². The Kier molecular flexibility index (Phi) is 3.10. The molecule has 1 saturated carbocycles. The molecule has 3 rings (SSSR count). The van der Waals surface area contributed by atoms with Crippen LogP contribution in [0.25, 0.3) is 5.52 Å². The quantitative estimate of drug-likeness (QED) is 0.861. The predicted molar refractivity (Wildman–Crippen MR) is 71.8 cm³/mol. The van der Waals surface area contributed by atoms with Crippen molar-refractivity contribution < 1.29 is 5.11 Å². The first kappa shape index (κ1) is 12.0. The van der Waals surface area contributed by atoms with E-state index >= 15 is 0 Å². The lowest BCUT2D eigenvalue weighted by Gasteiger charge is -2.28. The van der Waals surface area contributed by atoms with Crippen LogP contribution in [0.15, 0.2) is 24.5 Å². The third kappa shape index (κ3) is 2.27. The Hall–Kier alpha value is -2.06. The number of nitrogens with one attached hydrogen (secondary N) is 1. The molecule has 0 aromatic carbocycles. The number of aliphatic hydroxyl groups excluding tert-OH is 1. The van der Waals surface area contributed by atoms with Crippen LogP contribution in [0.4, 0.5) is 5.69 Å². The van der Waals surface area contributed by atoms with Crippen LogP contribution in [0.3, 0.4) is 0 Å². The van der Waals surface area contributed by atoms with Gasteiger partial charge in [-0.25, -0.2) is 4.52 Å². The van der Waals surface area contributed by atoms with Gasteiger partial charge in [-0.1, -0.05) is 0 Å². The summed E-state index contributed by atoms with van der Waals surface area (Å²) in [4.78, 5) is 0. The summed E-state index contributed by atoms with van der Waals surface area (Å²) in [5, 5.41) is 26.5. The maximum atomic E-state index is 9.73. The molecule has 2 N–H and O–H groups in total. The molecule has 1 aliphatic rings. The van der Waals surface area contributed by atoms with E-state index in [4.69, 9.17) is 0 Å². The molecule has 5 heteroatoms. The molecule has 2 heterocycles. The lowest BCUT2D eigenvalue weighted by atomic mass is 9.92. The molecule has 0 spiro atoms. The topological polar surface area (TPSA) is 73.4 Å². The first-order valence-corrected chi connectivity index (χ1v) is 6.59. The first-order valence-electron chi connectivity index (χ1n) is 6.59. The van der Waals surface area contributed by atoms with Gasteiger partial charge in [-0.3, -0.25) is 0 Å². The summed E-state index contributed by atoms with van der Waals surface area (Å²) in [6.45, 7) is 0. The Balaban J connectivity index is 1.94. The molecule has 19 heavy (non-hydrogen) atoms. The Morgan fingerprint density at radius 1 is 1.47 bits per heavy atom. The van der Waals surface area contributed by atoms with Crippen molar-refractivity contribution >= 4 is 11.2 Å². The molecule has 1 fully saturated rings. The monoisotopic (exact) mass is 256 g/mol. The molecule has 0 radical (unpaired) electrons. The van der Waals surface area contributed by atoms with E-state index < -0.39 is 0 Å². The van der Waals surface area contributed by atoms with E-state index in [1.54, 1.807) is 10.7 Å². The Labute approximate surface area is 111 Å². The van der Waals surface area contributed by atoms with Gasteiger partial charge in [0.1, 0.15) is 6.07 Å². The third-order valence-electron chi connectivity index (χ3n) is 3.68. The first-order chi connectivity index (χ1) is 9.28. The van der Waals surface area contributed by atoms with Crippen molar-refractivity contribution in [3.8, 4) is 6.07 Å². The molecule has 2 atom stereocenters. The lowest BCUT2D eigenvalue weighted by Crippen LogP contribution is -2.30. The summed E-state index contributed by atoms with van der Waals surface area (Å²) in [5.41, 5.74) is 2.27. The molecule has 0 saturated heterocycles. The van der Waals surface area contributed by atoms with Gasteiger partial charge in [0, 0.05) is 12.2 Å². The normalized spacial score (nSPS) is 23.2. The molecule has 98 valence electrons. The number of rotatable bonds is 2. The van der Waals surface area contributed by atoms with E-state index in [2.05, 4.69) is 16.5 Å². The number of hydrogen-bond donors (Lipinski definition) is 2. The summed E-state index contributed by atoms with van der Waals surface area (Å²) < 4.78 is 1.75. The minimum absolute atomic E-state index is 0.219. The van der Waals surface area contributed by atoms with Crippen LogP contribution in [0.2, 0.25) is 0 Å². The van der Waals surface area contributed by atoms with Crippen LogP contribution < -0.4 is 5.32 Å². The summed E-state index contributed by atoms with van der Waals surface area (Å²) in [6.07, 6.45) is 6.85. The number of aliphatic hydroxyl groups is 1. The van der Waals surface area contributed by atoms with Gasteiger partial charge >= 0.3 is 0 Å². The number of anilines is 1. The number of nitrogens with zero attached hydrogens (tertiary/aromatic N) is 3. The average molecular weight is 256 g/mol. The van der Waals surface area contributed by atoms with Crippen LogP contribution in [-0.2, 0) is 0 Å². The van der Waals surface area contributed by atoms with Crippen molar-refractivity contribution in [1.29, 1.82) is 5.26 Å². The highest BCUT2D eigenvalue weighted by Crippen LogP contribution is 2.26. The van der Waals surface area contributed by atoms with Gasteiger partial charge in [-0.2, -0.15) is 10.4 Å². The fraction of sp³-hybridized carbons (Fsp3) is 0.429. The summed E-state index contributed by atoms with van der Waals surface area (Å²) in [5.74, 6) is 0. The number of aromatic nitrogens is 2. The van der Waals surface area contributed by atoms with Crippen LogP contribution in [0.1, 0.15) is 31.2 Å². The van der Waals surface area contributed by atoms with Gasteiger partial charge < -0.3 is 10.4 Å². The molecule has 5 nitrogen and oxygen atoms in total. The smallest absolute Gasteiger partial charge is 0.103 e. The molecule has 2 unspecified atom stereocenters. The number of hydrogen-bond acceptors (Lipinski definition) is 4. The highest BCUT2D eigenvalue weighted by atomic mass is 16.3. The van der Waals surface area contributed by atoms with Crippen molar-refractivity contribution in [2.75, 3.05) is 5.32 Å². The van der Waals surface area contributed by atoms with E-state index in [1.165, 1.54) is 0 Å². The molecule has 1 aliphatic carbocycles. The highest BCUT2D eigenvalue weighted by molar-refractivity contribution is 5.77. The van der Waals surface area contributed by atoms with E-state index in [0.717, 1.165) is 36.9 Å². The van der Waals surface area contributed by atoms with Crippen molar-refractivity contribution in [1.82, 2.24) is 9.61 Å². The molecule has 2 aromatic heterocycles. The maximum absolute atomic E-state index is 9.73. The summed E-state index contributed by atoms with van der Waals surface area (Å²) >= 11 is 0. The lowest BCUT2D eigenvalue weighted by molar-refractivity contribution is 0.124. The standard InChI is InChI=1S/C14H16N4O/c15-8-10-9-16-18-6-2-5-13(18)14(10)17-11-3-1-4-12(19)7-11/h2,5-6,9,11-12,17,19H,1,3-4,7H2. The second-order valence-corrected chi connectivity index (χ2v) is 5.04. The van der Waals surface area contributed by atoms with Crippen molar-refractivity contribution in [3.63, 3.8) is 0 Å². The summed E-state index contributed by atoms with van der Waals surface area (Å²) in [6, 6.07) is 6.24. The predicted octanol–water partition coefficient (Wildman–Crippen LogP) is 1.92. The number of fused-ring (bicyclic) bond motifs is 1. The highest BCUT2D eigenvalue weighted by Gasteiger charge is 2.21. The second kappa shape index (κ2) is 4.90. The van der Waals surface area contributed by atoms with E-state index in [1.807, 2.05) is 18.3 Å². The van der Waals surface area contributed by atoms with Crippen molar-refractivity contribution in [2.45, 2.75) is 37.8 Å². The maximum Gasteiger partial charge on any atom is 0.103 e. The molecule has 0 amide bonds. The third-order valence-corrected chi connectivity index (χ3v) is 3.68. The van der Waals surface area contributed by atoms with E-state index in [0.29, 0.717) is 5.56 Å².